The van der Waals surface area contributed by atoms with Gasteiger partial charge in [0.05, 0.1) is 11.1 Å². The molecule has 2 fully saturated rings. The molecule has 4 amide bonds. The topological polar surface area (TPSA) is 119 Å². The number of nitrogens with zero attached hydrogens (tertiary/aromatic N) is 2. The molecule has 1 atom stereocenters. The summed E-state index contributed by atoms with van der Waals surface area (Å²) in [5.74, 6) is -1.18. The largest absolute Gasteiger partial charge is 0.508 e. The quantitative estimate of drug-likeness (QED) is 0.0807. The monoisotopic (exact) mass is 710 g/mol. The van der Waals surface area contributed by atoms with Crippen molar-refractivity contribution >= 4 is 40.5 Å². The summed E-state index contributed by atoms with van der Waals surface area (Å²) in [6, 6.07) is 31.4. The Balaban J connectivity index is 0.895. The fourth-order valence-corrected chi connectivity index (χ4v) is 7.99. The Hall–Kier alpha value is -5.54. The van der Waals surface area contributed by atoms with E-state index in [4.69, 9.17) is 0 Å². The van der Waals surface area contributed by atoms with Crippen molar-refractivity contribution in [2.24, 2.45) is 0 Å². The summed E-state index contributed by atoms with van der Waals surface area (Å²) in [6.07, 6.45) is 5.39. The molecule has 0 spiro atoms. The number of carbonyl (C=O) groups is 4. The number of piperidine rings is 2. The maximum absolute atomic E-state index is 13.1. The first-order chi connectivity index (χ1) is 25.8. The maximum atomic E-state index is 13.1. The SMILES string of the molecule is CCC(=C(c1ccc(O)cc1)c1ccc(C2CCN(CCCCNc3ccc4c(c3)C(=O)N(C3CCC(=O)NC3=O)C4=O)CC2)cc1)c1ccccc1. The van der Waals surface area contributed by atoms with Crippen LogP contribution >= 0.6 is 0 Å². The van der Waals surface area contributed by atoms with E-state index in [-0.39, 0.29) is 35.6 Å². The van der Waals surface area contributed by atoms with Crippen molar-refractivity contribution in [1.82, 2.24) is 15.1 Å². The fourth-order valence-electron chi connectivity index (χ4n) is 7.99. The standard InChI is InChI=1S/C44H46N4O5/c1-2-36(31-8-4-3-5-9-31)41(33-14-17-35(49)18-15-33)32-12-10-29(11-13-32)30-22-26-47(27-23-30)25-7-6-24-45-34-16-19-37-38(28-34)44(53)48(43(37)52)39-20-21-40(50)46-42(39)51/h3-5,8-19,28,30,39,45,49H,2,6-7,20-27H2,1H3,(H,46,50,51). The van der Waals surface area contributed by atoms with Gasteiger partial charge in [0.15, 0.2) is 0 Å². The van der Waals surface area contributed by atoms with E-state index in [0.717, 1.165) is 74.4 Å². The highest BCUT2D eigenvalue weighted by molar-refractivity contribution is 6.23. The summed E-state index contributed by atoms with van der Waals surface area (Å²) in [4.78, 5) is 53.6. The molecule has 0 bridgehead atoms. The second kappa shape index (κ2) is 16.0. The summed E-state index contributed by atoms with van der Waals surface area (Å²) in [5.41, 5.74) is 8.69. The minimum Gasteiger partial charge on any atom is -0.508 e. The second-order valence-corrected chi connectivity index (χ2v) is 14.2. The number of benzene rings is 4. The molecule has 9 nitrogen and oxygen atoms in total. The third-order valence-electron chi connectivity index (χ3n) is 10.9. The number of unbranched alkanes of at least 4 members (excludes halogenated alkanes) is 1. The Bertz CT molecular complexity index is 2020. The molecule has 3 aliphatic heterocycles. The highest BCUT2D eigenvalue weighted by Gasteiger charge is 2.44. The van der Waals surface area contributed by atoms with Gasteiger partial charge in [-0.2, -0.15) is 0 Å². The smallest absolute Gasteiger partial charge is 0.262 e. The maximum Gasteiger partial charge on any atom is 0.262 e. The fraction of sp³-hybridized carbons (Fsp3) is 0.318. The summed E-state index contributed by atoms with van der Waals surface area (Å²) >= 11 is 0. The molecule has 0 saturated carbocycles. The second-order valence-electron chi connectivity index (χ2n) is 14.2. The van der Waals surface area contributed by atoms with Gasteiger partial charge in [-0.3, -0.25) is 29.4 Å². The van der Waals surface area contributed by atoms with Crippen LogP contribution < -0.4 is 10.6 Å². The number of imide groups is 2. The lowest BCUT2D eigenvalue weighted by Gasteiger charge is -2.32. The Labute approximate surface area is 310 Å². The molecule has 53 heavy (non-hydrogen) atoms. The van der Waals surface area contributed by atoms with E-state index in [9.17, 15) is 24.3 Å². The van der Waals surface area contributed by atoms with Crippen LogP contribution in [0.5, 0.6) is 5.75 Å². The van der Waals surface area contributed by atoms with Gasteiger partial charge in [-0.15, -0.1) is 0 Å². The van der Waals surface area contributed by atoms with Gasteiger partial charge in [0.2, 0.25) is 11.8 Å². The zero-order valence-electron chi connectivity index (χ0n) is 30.1. The average Bonchev–Trinajstić information content (AvgIpc) is 3.42. The minimum absolute atomic E-state index is 0.0979. The van der Waals surface area contributed by atoms with Crippen LogP contribution in [0.3, 0.4) is 0 Å². The van der Waals surface area contributed by atoms with E-state index in [1.54, 1.807) is 30.3 Å². The number of anilines is 1. The zero-order valence-corrected chi connectivity index (χ0v) is 30.1. The van der Waals surface area contributed by atoms with Gasteiger partial charge in [0.1, 0.15) is 11.8 Å². The van der Waals surface area contributed by atoms with Crippen molar-refractivity contribution in [2.75, 3.05) is 31.5 Å². The van der Waals surface area contributed by atoms with Crippen LogP contribution in [0.15, 0.2) is 97.1 Å². The highest BCUT2D eigenvalue weighted by Crippen LogP contribution is 2.37. The van der Waals surface area contributed by atoms with Gasteiger partial charge in [-0.1, -0.05) is 73.7 Å². The number of amides is 4. The van der Waals surface area contributed by atoms with E-state index in [1.807, 2.05) is 18.2 Å². The molecule has 3 heterocycles. The number of rotatable bonds is 12. The van der Waals surface area contributed by atoms with Gasteiger partial charge < -0.3 is 15.3 Å². The summed E-state index contributed by atoms with van der Waals surface area (Å²) in [6.45, 7) is 6.11. The number of hydrogen-bond donors (Lipinski definition) is 3. The van der Waals surface area contributed by atoms with Crippen LogP contribution in [0.25, 0.3) is 11.1 Å². The van der Waals surface area contributed by atoms with E-state index in [2.05, 4.69) is 71.0 Å². The van der Waals surface area contributed by atoms with Crippen molar-refractivity contribution in [3.8, 4) is 5.75 Å². The summed E-state index contributed by atoms with van der Waals surface area (Å²) < 4.78 is 0. The number of phenols is 1. The molecular formula is C44H46N4O5. The third-order valence-corrected chi connectivity index (χ3v) is 10.9. The predicted octanol–water partition coefficient (Wildman–Crippen LogP) is 7.23. The van der Waals surface area contributed by atoms with E-state index >= 15 is 0 Å². The molecular weight excluding hydrogens is 665 g/mol. The number of likely N-dealkylation sites (tertiary alicyclic amines) is 1. The molecule has 272 valence electrons. The van der Waals surface area contributed by atoms with Crippen LogP contribution in [-0.4, -0.2) is 70.8 Å². The Morgan fingerprint density at radius 2 is 1.45 bits per heavy atom. The molecule has 0 radical (unpaired) electrons. The number of fused-ring (bicyclic) bond motifs is 1. The molecule has 7 rings (SSSR count). The molecule has 2 saturated heterocycles. The molecule has 4 aromatic carbocycles. The number of allylic oxidation sites excluding steroid dienone is 1. The Morgan fingerprint density at radius 3 is 2.13 bits per heavy atom. The van der Waals surface area contributed by atoms with Crippen LogP contribution in [-0.2, 0) is 9.59 Å². The molecule has 1 unspecified atom stereocenters. The Kier molecular flexibility index (Phi) is 10.8. The lowest BCUT2D eigenvalue weighted by atomic mass is 9.85. The van der Waals surface area contributed by atoms with Crippen LogP contribution in [0.4, 0.5) is 5.69 Å². The van der Waals surface area contributed by atoms with Gasteiger partial charge in [0, 0.05) is 18.7 Å². The number of phenolic OH excluding ortho intramolecular Hbond substituents is 1. The summed E-state index contributed by atoms with van der Waals surface area (Å²) in [5, 5.41) is 15.6. The van der Waals surface area contributed by atoms with E-state index in [0.29, 0.717) is 5.92 Å². The van der Waals surface area contributed by atoms with E-state index in [1.165, 1.54) is 27.8 Å². The van der Waals surface area contributed by atoms with E-state index < -0.39 is 23.8 Å². The first-order valence-corrected chi connectivity index (χ1v) is 18.8. The predicted molar refractivity (Wildman–Crippen MR) is 206 cm³/mol. The average molecular weight is 711 g/mol. The van der Waals surface area contributed by atoms with Crippen LogP contribution in [0, 0.1) is 0 Å². The minimum atomic E-state index is -0.963. The van der Waals surface area contributed by atoms with Crippen molar-refractivity contribution in [2.45, 2.75) is 63.8 Å². The molecule has 3 N–H and O–H groups in total. The van der Waals surface area contributed by atoms with Gasteiger partial charge in [-0.05, 0) is 128 Å². The van der Waals surface area contributed by atoms with Gasteiger partial charge in [-0.25, -0.2) is 0 Å². The van der Waals surface area contributed by atoms with Gasteiger partial charge >= 0.3 is 0 Å². The lowest BCUT2D eigenvalue weighted by Crippen LogP contribution is -2.54. The zero-order chi connectivity index (χ0) is 36.9. The molecule has 0 aromatic heterocycles. The van der Waals surface area contributed by atoms with Crippen molar-refractivity contribution in [3.05, 3.63) is 130 Å². The Morgan fingerprint density at radius 1 is 0.774 bits per heavy atom. The van der Waals surface area contributed by atoms with Crippen LogP contribution in [0.1, 0.15) is 101 Å². The molecule has 3 aliphatic rings. The van der Waals surface area contributed by atoms with Crippen molar-refractivity contribution in [1.29, 1.82) is 0 Å². The van der Waals surface area contributed by atoms with Crippen molar-refractivity contribution < 1.29 is 24.3 Å². The number of carbonyl (C=O) groups excluding carboxylic acids is 4. The molecule has 9 heteroatoms. The third kappa shape index (κ3) is 7.81. The number of hydrogen-bond acceptors (Lipinski definition) is 7. The summed E-state index contributed by atoms with van der Waals surface area (Å²) in [7, 11) is 0. The molecule has 4 aromatic rings. The van der Waals surface area contributed by atoms with Crippen LogP contribution in [0.2, 0.25) is 0 Å². The molecule has 0 aliphatic carbocycles. The first-order valence-electron chi connectivity index (χ1n) is 18.8. The first kappa shape index (κ1) is 35.8. The number of aromatic hydroxyl groups is 1. The highest BCUT2D eigenvalue weighted by atomic mass is 16.3. The lowest BCUT2D eigenvalue weighted by molar-refractivity contribution is -0.136. The number of nitrogens with one attached hydrogen (secondary N) is 2. The van der Waals surface area contributed by atoms with Crippen molar-refractivity contribution in [3.63, 3.8) is 0 Å². The normalized spacial score (nSPS) is 18.5. The van der Waals surface area contributed by atoms with Gasteiger partial charge in [0.25, 0.3) is 11.8 Å².